The second kappa shape index (κ2) is 13.0. The minimum Gasteiger partial charge on any atom is -0.388 e. The van der Waals surface area contributed by atoms with Gasteiger partial charge in [-0.15, -0.1) is 0 Å². The number of morpholine rings is 1. The summed E-state index contributed by atoms with van der Waals surface area (Å²) in [5, 5.41) is 18.0. The van der Waals surface area contributed by atoms with Crippen molar-refractivity contribution in [1.29, 1.82) is 0 Å². The van der Waals surface area contributed by atoms with E-state index in [1.54, 1.807) is 24.3 Å². The molecule has 1 aromatic carbocycles. The van der Waals surface area contributed by atoms with Crippen LogP contribution >= 0.6 is 0 Å². The number of nitrogens with zero attached hydrogens (tertiary/aromatic N) is 5. The zero-order chi connectivity index (χ0) is 29.0. The lowest BCUT2D eigenvalue weighted by molar-refractivity contribution is -0.00566. The molecule has 2 aromatic heterocycles. The van der Waals surface area contributed by atoms with E-state index in [9.17, 15) is 13.9 Å². The molecule has 9 nitrogen and oxygen atoms in total. The van der Waals surface area contributed by atoms with Gasteiger partial charge in [-0.1, -0.05) is 26.0 Å². The summed E-state index contributed by atoms with van der Waals surface area (Å²) < 4.78 is 35.2. The molecule has 1 aliphatic heterocycles. The summed E-state index contributed by atoms with van der Waals surface area (Å²) in [4.78, 5) is 15.8. The minimum atomic E-state index is -2.75. The number of imidazole rings is 1. The van der Waals surface area contributed by atoms with Gasteiger partial charge in [0.25, 0.3) is 6.43 Å². The quantitative estimate of drug-likeness (QED) is 0.293. The van der Waals surface area contributed by atoms with Crippen LogP contribution in [0, 0.1) is 5.92 Å². The molecule has 1 unspecified atom stereocenters. The molecule has 41 heavy (non-hydrogen) atoms. The summed E-state index contributed by atoms with van der Waals surface area (Å²) in [5.41, 5.74) is 0.405. The van der Waals surface area contributed by atoms with Crippen molar-refractivity contribution in [2.45, 2.75) is 83.4 Å². The smallest absolute Gasteiger partial charge is 0.296 e. The highest BCUT2D eigenvalue weighted by Crippen LogP contribution is 2.30. The number of halogens is 2. The Bertz CT molecular complexity index is 1290. The van der Waals surface area contributed by atoms with Crippen LogP contribution in [0.25, 0.3) is 16.9 Å². The molecule has 0 radical (unpaired) electrons. The Morgan fingerprint density at radius 1 is 1.02 bits per heavy atom. The van der Waals surface area contributed by atoms with E-state index >= 15 is 0 Å². The number of fused-ring (bicyclic) bond motifs is 1. The summed E-state index contributed by atoms with van der Waals surface area (Å²) in [7, 11) is 0. The Morgan fingerprint density at radius 2 is 1.71 bits per heavy atom. The van der Waals surface area contributed by atoms with E-state index in [2.05, 4.69) is 27.4 Å². The number of rotatable bonds is 11. The summed E-state index contributed by atoms with van der Waals surface area (Å²) in [5.74, 6) is 1.59. The van der Waals surface area contributed by atoms with Crippen LogP contribution in [0.2, 0.25) is 0 Å². The third-order valence-electron chi connectivity index (χ3n) is 8.96. The van der Waals surface area contributed by atoms with Crippen molar-refractivity contribution in [3.63, 3.8) is 0 Å². The van der Waals surface area contributed by atoms with E-state index in [4.69, 9.17) is 14.7 Å². The van der Waals surface area contributed by atoms with Crippen LogP contribution in [0.5, 0.6) is 0 Å². The van der Waals surface area contributed by atoms with Gasteiger partial charge < -0.3 is 25.4 Å². The first-order valence-electron chi connectivity index (χ1n) is 15.0. The Labute approximate surface area is 240 Å². The van der Waals surface area contributed by atoms with Crippen LogP contribution in [-0.4, -0.2) is 75.2 Å². The Morgan fingerprint density at radius 3 is 2.39 bits per heavy atom. The summed E-state index contributed by atoms with van der Waals surface area (Å²) in [6, 6.07) is 9.33. The Balaban J connectivity index is 1.32. The third-order valence-corrected chi connectivity index (χ3v) is 8.96. The molecule has 0 amide bonds. The molecule has 3 aromatic rings. The first-order valence-corrected chi connectivity index (χ1v) is 15.0. The van der Waals surface area contributed by atoms with E-state index in [-0.39, 0.29) is 11.9 Å². The molecular weight excluding hydrogens is 528 g/mol. The van der Waals surface area contributed by atoms with Crippen molar-refractivity contribution >= 4 is 22.8 Å². The normalized spacial score (nSPS) is 21.0. The molecule has 3 heterocycles. The van der Waals surface area contributed by atoms with Crippen molar-refractivity contribution in [2.24, 2.45) is 5.92 Å². The summed E-state index contributed by atoms with van der Waals surface area (Å²) >= 11 is 0. The monoisotopic (exact) mass is 571 g/mol. The number of para-hydroxylation sites is 2. The molecule has 1 saturated carbocycles. The molecule has 2 fully saturated rings. The van der Waals surface area contributed by atoms with Crippen LogP contribution in [0.15, 0.2) is 30.3 Å². The number of benzene rings is 1. The molecule has 2 aliphatic rings. The SMILES string of the molecule is CCC(O)(CC)C(C)N[C@H]1CC[C@H](CNc2nc(N3CCOCC3)cc(-n3c(C(F)F)nc4ccccc43)n2)CC1. The first kappa shape index (κ1) is 29.6. The fourth-order valence-electron chi connectivity index (χ4n) is 6.14. The molecule has 1 aliphatic carbocycles. The van der Waals surface area contributed by atoms with Gasteiger partial charge in [-0.2, -0.15) is 9.97 Å². The van der Waals surface area contributed by atoms with Crippen LogP contribution in [0.4, 0.5) is 20.5 Å². The summed E-state index contributed by atoms with van der Waals surface area (Å²) in [6.07, 6.45) is 2.89. The lowest BCUT2D eigenvalue weighted by Gasteiger charge is -2.38. The van der Waals surface area contributed by atoms with Crippen LogP contribution in [0.3, 0.4) is 0 Å². The molecule has 224 valence electrons. The lowest BCUT2D eigenvalue weighted by Crippen LogP contribution is -2.52. The van der Waals surface area contributed by atoms with E-state index in [1.165, 1.54) is 4.57 Å². The maximum atomic E-state index is 14.1. The first-order chi connectivity index (χ1) is 19.8. The molecule has 5 rings (SSSR count). The number of hydrogen-bond acceptors (Lipinski definition) is 8. The average Bonchev–Trinajstić information content (AvgIpc) is 3.41. The topological polar surface area (TPSA) is 100 Å². The number of alkyl halides is 2. The molecule has 0 spiro atoms. The minimum absolute atomic E-state index is 0.0457. The fourth-order valence-corrected chi connectivity index (χ4v) is 6.14. The van der Waals surface area contributed by atoms with Crippen molar-refractivity contribution < 1.29 is 18.6 Å². The van der Waals surface area contributed by atoms with E-state index in [0.29, 0.717) is 73.4 Å². The number of nitrogens with one attached hydrogen (secondary N) is 2. The van der Waals surface area contributed by atoms with Gasteiger partial charge in [0.15, 0.2) is 5.82 Å². The van der Waals surface area contributed by atoms with Gasteiger partial charge in [0.1, 0.15) is 11.6 Å². The summed E-state index contributed by atoms with van der Waals surface area (Å²) in [6.45, 7) is 9.37. The Kier molecular flexibility index (Phi) is 9.35. The van der Waals surface area contributed by atoms with Gasteiger partial charge in [-0.05, 0) is 63.5 Å². The largest absolute Gasteiger partial charge is 0.388 e. The van der Waals surface area contributed by atoms with Gasteiger partial charge in [-0.3, -0.25) is 4.57 Å². The lowest BCUT2D eigenvalue weighted by atomic mass is 9.83. The van der Waals surface area contributed by atoms with E-state index in [1.807, 2.05) is 19.9 Å². The second-order valence-electron chi connectivity index (χ2n) is 11.4. The van der Waals surface area contributed by atoms with Gasteiger partial charge >= 0.3 is 0 Å². The van der Waals surface area contributed by atoms with Crippen molar-refractivity contribution in [3.05, 3.63) is 36.2 Å². The van der Waals surface area contributed by atoms with Crippen molar-refractivity contribution in [1.82, 2.24) is 24.8 Å². The highest BCUT2D eigenvalue weighted by molar-refractivity contribution is 5.78. The maximum Gasteiger partial charge on any atom is 0.296 e. The number of aromatic nitrogens is 4. The van der Waals surface area contributed by atoms with Gasteiger partial charge in [-0.25, -0.2) is 13.8 Å². The van der Waals surface area contributed by atoms with Crippen molar-refractivity contribution in [3.8, 4) is 5.82 Å². The molecular formula is C30H43F2N7O2. The zero-order valence-corrected chi connectivity index (χ0v) is 24.3. The fraction of sp³-hybridized carbons (Fsp3) is 0.633. The number of hydrogen-bond donors (Lipinski definition) is 3. The molecule has 0 bridgehead atoms. The highest BCUT2D eigenvalue weighted by atomic mass is 19.3. The van der Waals surface area contributed by atoms with E-state index in [0.717, 1.165) is 38.5 Å². The van der Waals surface area contributed by atoms with Gasteiger partial charge in [0.2, 0.25) is 5.95 Å². The molecule has 3 N–H and O–H groups in total. The second-order valence-corrected chi connectivity index (χ2v) is 11.4. The molecule has 11 heteroatoms. The average molecular weight is 572 g/mol. The van der Waals surface area contributed by atoms with Gasteiger partial charge in [0.05, 0.1) is 29.8 Å². The van der Waals surface area contributed by atoms with Crippen LogP contribution in [-0.2, 0) is 4.74 Å². The third kappa shape index (κ3) is 6.62. The van der Waals surface area contributed by atoms with Crippen molar-refractivity contribution in [2.75, 3.05) is 43.1 Å². The number of aliphatic hydroxyl groups is 1. The predicted molar refractivity (Wildman–Crippen MR) is 157 cm³/mol. The standard InChI is InChI=1S/C30H43F2N7O2/c1-4-30(40,5-2)20(3)34-22-12-10-21(11-13-22)19-33-29-36-25(38-14-16-41-17-15-38)18-26(37-29)39-24-9-7-6-8-23(24)35-28(39)27(31)32/h6-9,18,20-22,27,34,40H,4-5,10-17,19H2,1-3H3,(H,33,36,37)/t20?,21-,22-. The van der Waals surface area contributed by atoms with Gasteiger partial charge in [0, 0.05) is 37.8 Å². The van der Waals surface area contributed by atoms with E-state index < -0.39 is 12.0 Å². The number of anilines is 2. The zero-order valence-electron chi connectivity index (χ0n) is 24.3. The number of ether oxygens (including phenoxy) is 1. The van der Waals surface area contributed by atoms with Crippen LogP contribution < -0.4 is 15.5 Å². The predicted octanol–water partition coefficient (Wildman–Crippen LogP) is 5.09. The van der Waals surface area contributed by atoms with Crippen LogP contribution in [0.1, 0.15) is 71.5 Å². The maximum absolute atomic E-state index is 14.1. The Hall–Kier alpha value is -2.89. The highest BCUT2D eigenvalue weighted by Gasteiger charge is 2.32. The molecule has 1 atom stereocenters. The molecule has 1 saturated heterocycles.